The van der Waals surface area contributed by atoms with E-state index in [4.69, 9.17) is 0 Å². The second kappa shape index (κ2) is 8.54. The second-order valence-electron chi connectivity index (χ2n) is 5.96. The lowest BCUT2D eigenvalue weighted by Gasteiger charge is -2.17. The van der Waals surface area contributed by atoms with Crippen molar-refractivity contribution in [2.75, 3.05) is 18.9 Å². The van der Waals surface area contributed by atoms with Crippen LogP contribution >= 0.6 is 11.3 Å². The average molecular weight is 384 g/mol. The molecule has 0 radical (unpaired) electrons. The summed E-state index contributed by atoms with van der Waals surface area (Å²) in [6.45, 7) is 1.89. The van der Waals surface area contributed by atoms with E-state index in [1.54, 1.807) is 7.05 Å². The predicted molar refractivity (Wildman–Crippen MR) is 103 cm³/mol. The Bertz CT molecular complexity index is 922. The van der Waals surface area contributed by atoms with Crippen molar-refractivity contribution in [3.8, 4) is 11.4 Å². The first-order valence-electron chi connectivity index (χ1n) is 8.49. The number of thiophene rings is 1. The summed E-state index contributed by atoms with van der Waals surface area (Å²) in [5.74, 6) is -0.0546. The fraction of sp³-hybridized carbons (Fsp3) is 0.278. The molecular formula is C18H20N6O2S. The van der Waals surface area contributed by atoms with E-state index >= 15 is 0 Å². The van der Waals surface area contributed by atoms with Gasteiger partial charge in [-0.2, -0.15) is 16.1 Å². The van der Waals surface area contributed by atoms with Crippen molar-refractivity contribution in [2.45, 2.75) is 19.9 Å². The number of anilines is 1. The Balaban J connectivity index is 1.55. The quantitative estimate of drug-likeness (QED) is 0.673. The Labute approximate surface area is 160 Å². The van der Waals surface area contributed by atoms with Gasteiger partial charge in [0.2, 0.25) is 17.6 Å². The van der Waals surface area contributed by atoms with Crippen molar-refractivity contribution in [3.63, 3.8) is 0 Å². The summed E-state index contributed by atoms with van der Waals surface area (Å²) in [6, 6.07) is 9.50. The average Bonchev–Trinajstić information content (AvgIpc) is 3.33. The summed E-state index contributed by atoms with van der Waals surface area (Å²) in [6.07, 6.45) is 0.815. The number of carbonyl (C=O) groups is 2. The van der Waals surface area contributed by atoms with E-state index in [2.05, 4.69) is 20.7 Å². The third kappa shape index (κ3) is 4.76. The van der Waals surface area contributed by atoms with Crippen LogP contribution in [0.25, 0.3) is 11.4 Å². The van der Waals surface area contributed by atoms with Crippen LogP contribution in [0.1, 0.15) is 12.5 Å². The van der Waals surface area contributed by atoms with Gasteiger partial charge in [-0.25, -0.2) is 0 Å². The van der Waals surface area contributed by atoms with E-state index in [0.29, 0.717) is 5.82 Å². The summed E-state index contributed by atoms with van der Waals surface area (Å²) < 4.78 is 0. The van der Waals surface area contributed by atoms with Crippen LogP contribution in [0.2, 0.25) is 0 Å². The highest BCUT2D eigenvalue weighted by molar-refractivity contribution is 7.08. The van der Waals surface area contributed by atoms with Gasteiger partial charge >= 0.3 is 0 Å². The number of aryl methyl sites for hydroxylation is 1. The summed E-state index contributed by atoms with van der Waals surface area (Å²) in [7, 11) is 1.57. The molecule has 0 aliphatic carbocycles. The fourth-order valence-corrected chi connectivity index (χ4v) is 3.14. The van der Waals surface area contributed by atoms with Crippen LogP contribution < -0.4 is 5.32 Å². The maximum Gasteiger partial charge on any atom is 0.246 e. The smallest absolute Gasteiger partial charge is 0.246 e. The van der Waals surface area contributed by atoms with E-state index < -0.39 is 0 Å². The number of likely N-dealkylation sites (N-methyl/N-ethyl adjacent to an activating group) is 1. The number of hydrogen-bond donors (Lipinski definition) is 1. The molecule has 0 unspecified atom stereocenters. The first kappa shape index (κ1) is 18.7. The molecule has 140 valence electrons. The minimum atomic E-state index is -0.275. The minimum Gasteiger partial charge on any atom is -0.335 e. The van der Waals surface area contributed by atoms with E-state index in [1.165, 1.54) is 21.0 Å². The normalized spacial score (nSPS) is 10.6. The number of carbonyl (C=O) groups excluding carboxylic acids is 2. The lowest BCUT2D eigenvalue weighted by molar-refractivity contribution is -0.134. The SMILES string of the molecule is CCc1ccccc1NC(=O)CN(C)C(=O)Cn1nnc(-c2ccsc2)n1. The zero-order valence-electron chi connectivity index (χ0n) is 15.1. The van der Waals surface area contributed by atoms with Crippen LogP contribution in [0.5, 0.6) is 0 Å². The van der Waals surface area contributed by atoms with Gasteiger partial charge in [-0.15, -0.1) is 10.2 Å². The molecule has 1 N–H and O–H groups in total. The molecule has 0 fully saturated rings. The van der Waals surface area contributed by atoms with Crippen molar-refractivity contribution in [3.05, 3.63) is 46.7 Å². The van der Waals surface area contributed by atoms with E-state index in [0.717, 1.165) is 23.2 Å². The van der Waals surface area contributed by atoms with Crippen LogP contribution in [-0.4, -0.2) is 50.5 Å². The third-order valence-electron chi connectivity index (χ3n) is 3.99. The monoisotopic (exact) mass is 384 g/mol. The molecular weight excluding hydrogens is 364 g/mol. The maximum absolute atomic E-state index is 12.3. The minimum absolute atomic E-state index is 0.0526. The van der Waals surface area contributed by atoms with Gasteiger partial charge in [-0.3, -0.25) is 9.59 Å². The lowest BCUT2D eigenvalue weighted by atomic mass is 10.1. The van der Waals surface area contributed by atoms with Gasteiger partial charge in [-0.1, -0.05) is 25.1 Å². The number of nitrogens with zero attached hydrogens (tertiary/aromatic N) is 5. The molecule has 2 aromatic heterocycles. The highest BCUT2D eigenvalue weighted by Gasteiger charge is 2.16. The fourth-order valence-electron chi connectivity index (χ4n) is 2.50. The highest BCUT2D eigenvalue weighted by Crippen LogP contribution is 2.17. The summed E-state index contributed by atoms with van der Waals surface area (Å²) in [5, 5.41) is 18.7. The van der Waals surface area contributed by atoms with Crippen molar-refractivity contribution < 1.29 is 9.59 Å². The summed E-state index contributed by atoms with van der Waals surface area (Å²) >= 11 is 1.54. The molecule has 3 aromatic rings. The molecule has 8 nitrogen and oxygen atoms in total. The summed E-state index contributed by atoms with van der Waals surface area (Å²) in [4.78, 5) is 27.2. The number of tetrazole rings is 1. The summed E-state index contributed by atoms with van der Waals surface area (Å²) in [5.41, 5.74) is 2.68. The molecule has 1 aromatic carbocycles. The van der Waals surface area contributed by atoms with Gasteiger partial charge < -0.3 is 10.2 Å². The Kier molecular flexibility index (Phi) is 5.92. The number of amides is 2. The van der Waals surface area contributed by atoms with Crippen LogP contribution in [0, 0.1) is 0 Å². The van der Waals surface area contributed by atoms with Gasteiger partial charge in [-0.05, 0) is 34.7 Å². The molecule has 2 amide bonds. The highest BCUT2D eigenvalue weighted by atomic mass is 32.1. The molecule has 3 rings (SSSR count). The topological polar surface area (TPSA) is 93.0 Å². The van der Waals surface area contributed by atoms with Crippen molar-refractivity contribution in [1.82, 2.24) is 25.1 Å². The Morgan fingerprint density at radius 2 is 2.07 bits per heavy atom. The Morgan fingerprint density at radius 3 is 2.81 bits per heavy atom. The second-order valence-corrected chi connectivity index (χ2v) is 6.74. The molecule has 0 spiro atoms. The standard InChI is InChI=1S/C18H20N6O2S/c1-3-13-6-4-5-7-15(13)19-16(25)10-23(2)17(26)11-24-21-18(20-22-24)14-8-9-27-12-14/h4-9,12H,3,10-11H2,1-2H3,(H,19,25). The van der Waals surface area contributed by atoms with Crippen LogP contribution in [0.15, 0.2) is 41.1 Å². The molecule has 0 aliphatic rings. The number of para-hydroxylation sites is 1. The molecule has 0 bridgehead atoms. The van der Waals surface area contributed by atoms with E-state index in [9.17, 15) is 9.59 Å². The predicted octanol–water partition coefficient (Wildman–Crippen LogP) is 2.06. The number of rotatable bonds is 7. The van der Waals surface area contributed by atoms with E-state index in [-0.39, 0.29) is 24.9 Å². The van der Waals surface area contributed by atoms with Gasteiger partial charge in [0.1, 0.15) is 6.54 Å². The number of aromatic nitrogens is 4. The molecule has 0 aliphatic heterocycles. The van der Waals surface area contributed by atoms with Crippen molar-refractivity contribution in [2.24, 2.45) is 0 Å². The van der Waals surface area contributed by atoms with E-state index in [1.807, 2.05) is 48.0 Å². The van der Waals surface area contributed by atoms with Crippen molar-refractivity contribution in [1.29, 1.82) is 0 Å². The molecule has 27 heavy (non-hydrogen) atoms. The largest absolute Gasteiger partial charge is 0.335 e. The molecule has 0 saturated heterocycles. The van der Waals surface area contributed by atoms with Crippen LogP contribution in [0.4, 0.5) is 5.69 Å². The van der Waals surface area contributed by atoms with Gasteiger partial charge in [0.25, 0.3) is 0 Å². The lowest BCUT2D eigenvalue weighted by Crippen LogP contribution is -2.37. The zero-order chi connectivity index (χ0) is 19.2. The number of hydrogen-bond acceptors (Lipinski definition) is 6. The molecule has 0 atom stereocenters. The molecule has 0 saturated carbocycles. The van der Waals surface area contributed by atoms with Crippen molar-refractivity contribution >= 4 is 28.8 Å². The first-order chi connectivity index (χ1) is 13.1. The molecule has 9 heteroatoms. The van der Waals surface area contributed by atoms with Crippen LogP contribution in [-0.2, 0) is 22.6 Å². The molecule has 2 heterocycles. The maximum atomic E-state index is 12.3. The Hall–Kier alpha value is -3.07. The first-order valence-corrected chi connectivity index (χ1v) is 9.43. The zero-order valence-corrected chi connectivity index (χ0v) is 15.9. The third-order valence-corrected chi connectivity index (χ3v) is 4.67. The number of benzene rings is 1. The Morgan fingerprint density at radius 1 is 1.26 bits per heavy atom. The van der Waals surface area contributed by atoms with Gasteiger partial charge in [0, 0.05) is 23.7 Å². The van der Waals surface area contributed by atoms with Gasteiger partial charge in [0.05, 0.1) is 6.54 Å². The van der Waals surface area contributed by atoms with Crippen LogP contribution in [0.3, 0.4) is 0 Å². The number of nitrogens with one attached hydrogen (secondary N) is 1. The van der Waals surface area contributed by atoms with Gasteiger partial charge in [0.15, 0.2) is 0 Å².